The predicted molar refractivity (Wildman–Crippen MR) is 148 cm³/mol. The van der Waals surface area contributed by atoms with Crippen LogP contribution in [-0.2, 0) is 12.4 Å². The lowest BCUT2D eigenvalue weighted by Gasteiger charge is -2.43. The number of para-hydroxylation sites is 1. The van der Waals surface area contributed by atoms with Crippen molar-refractivity contribution in [3.63, 3.8) is 0 Å². The van der Waals surface area contributed by atoms with Crippen LogP contribution in [0.15, 0.2) is 60.9 Å². The highest BCUT2D eigenvalue weighted by Gasteiger charge is 2.40. The number of nitrogens with one attached hydrogen (secondary N) is 1. The van der Waals surface area contributed by atoms with Crippen LogP contribution in [0.2, 0.25) is 0 Å². The van der Waals surface area contributed by atoms with Gasteiger partial charge in [0.25, 0.3) is 0 Å². The summed E-state index contributed by atoms with van der Waals surface area (Å²) in [6, 6.07) is 8.95. The Morgan fingerprint density at radius 3 is 2.19 bits per heavy atom. The number of carbonyl (C=O) groups excluding carboxylic acids is 1. The van der Waals surface area contributed by atoms with Crippen molar-refractivity contribution in [1.29, 1.82) is 0 Å². The lowest BCUT2D eigenvalue weighted by Crippen LogP contribution is -2.54. The highest BCUT2D eigenvalue weighted by molar-refractivity contribution is 6.04. The van der Waals surface area contributed by atoms with Crippen LogP contribution in [0.25, 0.3) is 10.9 Å². The number of β-amino-alcohol motifs (C(OH)–C–C–N with tert-alkyl or cyclic N) is 1. The van der Waals surface area contributed by atoms with Crippen LogP contribution in [0.4, 0.5) is 26.3 Å². The van der Waals surface area contributed by atoms with Crippen molar-refractivity contribution in [2.75, 3.05) is 32.7 Å². The first kappa shape index (κ1) is 31.1. The standard InChI is InChI=1S/C31H33F6N3O3/c32-30(33,34)22-15-21(16-23(17-22)31(35,36)37)27(41)7-12-39-13-8-29(43,9-14-39)28(42)19-40-10-5-20(6-11-40)25-18-38-26-4-2-1-3-24(25)26/h1-4,7,12,15-18,20,28,38,42-43H,5-6,8-11,13-14,19H2. The summed E-state index contributed by atoms with van der Waals surface area (Å²) in [6.07, 6.45) is -4.59. The summed E-state index contributed by atoms with van der Waals surface area (Å²) in [5, 5.41) is 23.3. The summed E-state index contributed by atoms with van der Waals surface area (Å²) < 4.78 is 78.8. The number of halogens is 6. The predicted octanol–water partition coefficient (Wildman–Crippen LogP) is 5.97. The van der Waals surface area contributed by atoms with E-state index in [0.29, 0.717) is 24.6 Å². The van der Waals surface area contributed by atoms with Crippen LogP contribution in [0.1, 0.15) is 58.6 Å². The Hall–Kier alpha value is -3.35. The minimum Gasteiger partial charge on any atom is -0.389 e. The first-order valence-corrected chi connectivity index (χ1v) is 14.2. The molecule has 2 aliphatic rings. The van der Waals surface area contributed by atoms with Crippen LogP contribution >= 0.6 is 0 Å². The lowest BCUT2D eigenvalue weighted by molar-refractivity contribution is -0.143. The number of H-pyrrole nitrogens is 1. The molecule has 1 atom stereocenters. The zero-order chi connectivity index (χ0) is 31.0. The van der Waals surface area contributed by atoms with E-state index in [2.05, 4.69) is 22.1 Å². The number of fused-ring (bicyclic) bond motifs is 1. The average Bonchev–Trinajstić information content (AvgIpc) is 3.40. The van der Waals surface area contributed by atoms with Crippen molar-refractivity contribution >= 4 is 16.7 Å². The third-order valence-electron chi connectivity index (χ3n) is 8.67. The molecule has 3 aromatic rings. The van der Waals surface area contributed by atoms with Gasteiger partial charge in [-0.15, -0.1) is 0 Å². The molecule has 1 unspecified atom stereocenters. The lowest BCUT2D eigenvalue weighted by atomic mass is 9.84. The minimum absolute atomic E-state index is 0.0245. The molecule has 0 saturated carbocycles. The first-order valence-electron chi connectivity index (χ1n) is 14.2. The smallest absolute Gasteiger partial charge is 0.389 e. The number of piperidine rings is 2. The van der Waals surface area contributed by atoms with Gasteiger partial charge in [-0.2, -0.15) is 26.3 Å². The molecule has 0 spiro atoms. The molecular formula is C31H33F6N3O3. The van der Waals surface area contributed by atoms with Gasteiger partial charge < -0.3 is 25.0 Å². The number of aromatic amines is 1. The molecule has 2 fully saturated rings. The Balaban J connectivity index is 1.13. The molecular weight excluding hydrogens is 576 g/mol. The van der Waals surface area contributed by atoms with Gasteiger partial charge in [-0.05, 0) is 74.5 Å². The maximum atomic E-state index is 13.1. The molecule has 0 radical (unpaired) electrons. The molecule has 5 rings (SSSR count). The van der Waals surface area contributed by atoms with Gasteiger partial charge in [0.2, 0.25) is 0 Å². The molecule has 3 heterocycles. The van der Waals surface area contributed by atoms with Gasteiger partial charge in [-0.3, -0.25) is 4.79 Å². The van der Waals surface area contributed by atoms with Crippen LogP contribution in [0.5, 0.6) is 0 Å². The fraction of sp³-hybridized carbons (Fsp3) is 0.452. The number of nitrogens with zero attached hydrogens (tertiary/aromatic N) is 2. The van der Waals surface area contributed by atoms with Gasteiger partial charge in [-0.25, -0.2) is 0 Å². The van der Waals surface area contributed by atoms with E-state index >= 15 is 0 Å². The van der Waals surface area contributed by atoms with Crippen molar-refractivity contribution in [2.24, 2.45) is 0 Å². The number of hydrogen-bond donors (Lipinski definition) is 3. The second kappa shape index (κ2) is 12.0. The van der Waals surface area contributed by atoms with E-state index in [1.165, 1.54) is 17.1 Å². The molecule has 232 valence electrons. The summed E-state index contributed by atoms with van der Waals surface area (Å²) in [6.45, 7) is 2.36. The van der Waals surface area contributed by atoms with E-state index in [1.807, 2.05) is 18.2 Å². The molecule has 2 saturated heterocycles. The van der Waals surface area contributed by atoms with Crippen molar-refractivity contribution < 1.29 is 41.4 Å². The van der Waals surface area contributed by atoms with Gasteiger partial charge >= 0.3 is 12.4 Å². The highest BCUT2D eigenvalue weighted by atomic mass is 19.4. The molecule has 0 amide bonds. The van der Waals surface area contributed by atoms with Crippen molar-refractivity contribution in [3.05, 3.63) is 83.2 Å². The van der Waals surface area contributed by atoms with Crippen molar-refractivity contribution in [2.45, 2.75) is 55.7 Å². The number of ketones is 1. The molecule has 0 aliphatic carbocycles. The summed E-state index contributed by atoms with van der Waals surface area (Å²) in [5.74, 6) is -0.602. The maximum Gasteiger partial charge on any atom is 0.416 e. The Labute approximate surface area is 244 Å². The summed E-state index contributed by atoms with van der Waals surface area (Å²) in [5.41, 5.74) is -2.80. The normalized spacial score (nSPS) is 19.8. The Morgan fingerprint density at radius 1 is 0.977 bits per heavy atom. The number of carbonyl (C=O) groups is 1. The molecule has 43 heavy (non-hydrogen) atoms. The molecule has 2 aliphatic heterocycles. The third kappa shape index (κ3) is 7.08. The maximum absolute atomic E-state index is 13.1. The fourth-order valence-corrected chi connectivity index (χ4v) is 6.03. The van der Waals surface area contributed by atoms with Gasteiger partial charge in [0.05, 0.1) is 22.8 Å². The van der Waals surface area contributed by atoms with E-state index in [9.17, 15) is 41.4 Å². The topological polar surface area (TPSA) is 79.8 Å². The van der Waals surface area contributed by atoms with Gasteiger partial charge in [0.1, 0.15) is 0 Å². The van der Waals surface area contributed by atoms with E-state index in [4.69, 9.17) is 0 Å². The molecule has 2 aromatic carbocycles. The van der Waals surface area contributed by atoms with Crippen molar-refractivity contribution in [1.82, 2.24) is 14.8 Å². The van der Waals surface area contributed by atoms with Crippen LogP contribution in [-0.4, -0.2) is 75.2 Å². The number of alkyl halides is 6. The number of allylic oxidation sites excluding steroid dienone is 1. The average molecular weight is 610 g/mol. The van der Waals surface area contributed by atoms with Gasteiger partial charge in [0, 0.05) is 54.6 Å². The summed E-state index contributed by atoms with van der Waals surface area (Å²) in [4.78, 5) is 19.6. The number of likely N-dealkylation sites (tertiary alicyclic amines) is 2. The number of benzene rings is 2. The third-order valence-corrected chi connectivity index (χ3v) is 8.67. The number of hydrogen-bond acceptors (Lipinski definition) is 5. The Kier molecular flexibility index (Phi) is 8.65. The van der Waals surface area contributed by atoms with E-state index < -0.39 is 46.5 Å². The zero-order valence-corrected chi connectivity index (χ0v) is 23.3. The van der Waals surface area contributed by atoms with E-state index in [0.717, 1.165) is 37.5 Å². The van der Waals surface area contributed by atoms with Gasteiger partial charge in [0.15, 0.2) is 5.78 Å². The quantitative estimate of drug-likeness (QED) is 0.175. The second-order valence-electron chi connectivity index (χ2n) is 11.5. The monoisotopic (exact) mass is 609 g/mol. The molecule has 0 bridgehead atoms. The number of aliphatic hydroxyl groups is 2. The second-order valence-corrected chi connectivity index (χ2v) is 11.5. The number of aliphatic hydroxyl groups excluding tert-OH is 1. The summed E-state index contributed by atoms with van der Waals surface area (Å²) >= 11 is 0. The fourth-order valence-electron chi connectivity index (χ4n) is 6.03. The molecule has 3 N–H and O–H groups in total. The number of aromatic nitrogens is 1. The van der Waals surface area contributed by atoms with Crippen molar-refractivity contribution in [3.8, 4) is 0 Å². The summed E-state index contributed by atoms with van der Waals surface area (Å²) in [7, 11) is 0. The molecule has 6 nitrogen and oxygen atoms in total. The Morgan fingerprint density at radius 2 is 1.58 bits per heavy atom. The van der Waals surface area contributed by atoms with Crippen LogP contribution < -0.4 is 0 Å². The SMILES string of the molecule is O=C(C=CN1CCC(O)(C(O)CN2CCC(c3c[nH]c4ccccc34)CC2)CC1)c1cc(C(F)(F)F)cc(C(F)(F)F)c1. The number of rotatable bonds is 7. The highest BCUT2D eigenvalue weighted by Crippen LogP contribution is 2.37. The molecule has 12 heteroatoms. The largest absolute Gasteiger partial charge is 0.416 e. The minimum atomic E-state index is -5.05. The van der Waals surface area contributed by atoms with Crippen LogP contribution in [0.3, 0.4) is 0 Å². The van der Waals surface area contributed by atoms with E-state index in [1.54, 1.807) is 4.90 Å². The first-order chi connectivity index (χ1) is 20.2. The van der Waals surface area contributed by atoms with Crippen LogP contribution in [0, 0.1) is 0 Å². The van der Waals surface area contributed by atoms with E-state index in [-0.39, 0.29) is 32.0 Å². The molecule has 1 aromatic heterocycles. The Bertz CT molecular complexity index is 1430. The zero-order valence-electron chi connectivity index (χ0n) is 23.3. The van der Waals surface area contributed by atoms with Gasteiger partial charge in [-0.1, -0.05) is 18.2 Å².